The summed E-state index contributed by atoms with van der Waals surface area (Å²) < 4.78 is 15.8. The topological polar surface area (TPSA) is 98.4 Å². The van der Waals surface area contributed by atoms with E-state index in [1.165, 1.54) is 0 Å². The fraction of sp³-hybridized carbons (Fsp3) is 0.467. The second-order valence-corrected chi connectivity index (χ2v) is 6.51. The number of rotatable bonds is 6. The minimum absolute atomic E-state index is 0.0644. The van der Waals surface area contributed by atoms with Gasteiger partial charge in [-0.2, -0.15) is 0 Å². The van der Waals surface area contributed by atoms with Gasteiger partial charge < -0.3 is 19.7 Å². The molecule has 0 amide bonds. The lowest BCUT2D eigenvalue weighted by molar-refractivity contribution is 0.117. The highest BCUT2D eigenvalue weighted by atomic mass is 32.1. The van der Waals surface area contributed by atoms with E-state index in [4.69, 9.17) is 14.1 Å². The lowest BCUT2D eigenvalue weighted by Crippen LogP contribution is -2.37. The third kappa shape index (κ3) is 3.41. The molecule has 0 aliphatic carbocycles. The Labute approximate surface area is 147 Å². The molecule has 4 heterocycles. The molecule has 4 rings (SSSR count). The van der Waals surface area contributed by atoms with Crippen LogP contribution >= 0.6 is 11.3 Å². The summed E-state index contributed by atoms with van der Waals surface area (Å²) in [6.07, 6.45) is -0.0644. The van der Waals surface area contributed by atoms with Crippen molar-refractivity contribution in [2.75, 3.05) is 50.2 Å². The number of methoxy groups -OCH3 is 1. The molecule has 1 saturated heterocycles. The molecular formula is C15H18N6O3S. The number of aromatic nitrogens is 4. The zero-order chi connectivity index (χ0) is 17.1. The van der Waals surface area contributed by atoms with Crippen molar-refractivity contribution in [3.05, 3.63) is 22.4 Å². The van der Waals surface area contributed by atoms with Gasteiger partial charge in [0.1, 0.15) is 6.10 Å². The quantitative estimate of drug-likeness (QED) is 0.702. The van der Waals surface area contributed by atoms with E-state index < -0.39 is 0 Å². The maximum Gasteiger partial charge on any atom is 0.245 e. The molecule has 25 heavy (non-hydrogen) atoms. The van der Waals surface area contributed by atoms with Crippen LogP contribution in [0.15, 0.2) is 22.1 Å². The Morgan fingerprint density at radius 1 is 1.28 bits per heavy atom. The molecule has 1 aliphatic heterocycles. The Morgan fingerprint density at radius 3 is 2.80 bits per heavy atom. The Kier molecular flexibility index (Phi) is 4.72. The SMILES string of the molecule is COC(CNc1nc2nonc2nc1N1CCOCC1)c1cccs1. The summed E-state index contributed by atoms with van der Waals surface area (Å²) >= 11 is 1.66. The van der Waals surface area contributed by atoms with Crippen molar-refractivity contribution in [2.45, 2.75) is 6.10 Å². The number of thiophene rings is 1. The van der Waals surface area contributed by atoms with Gasteiger partial charge in [0.15, 0.2) is 11.6 Å². The first kappa shape index (κ1) is 16.2. The van der Waals surface area contributed by atoms with Gasteiger partial charge in [0, 0.05) is 31.6 Å². The van der Waals surface area contributed by atoms with Crippen molar-refractivity contribution in [1.29, 1.82) is 0 Å². The summed E-state index contributed by atoms with van der Waals surface area (Å²) in [4.78, 5) is 12.4. The predicted octanol–water partition coefficient (Wildman–Crippen LogP) is 1.71. The number of nitrogens with zero attached hydrogens (tertiary/aromatic N) is 5. The summed E-state index contributed by atoms with van der Waals surface area (Å²) in [6, 6.07) is 4.07. The molecule has 3 aromatic rings. The van der Waals surface area contributed by atoms with Crippen molar-refractivity contribution in [3.8, 4) is 0 Å². The van der Waals surface area contributed by atoms with Crippen LogP contribution in [-0.2, 0) is 9.47 Å². The second kappa shape index (κ2) is 7.30. The maximum atomic E-state index is 5.59. The van der Waals surface area contributed by atoms with E-state index >= 15 is 0 Å². The molecular weight excluding hydrogens is 344 g/mol. The first-order valence-electron chi connectivity index (χ1n) is 7.98. The Hall–Kier alpha value is -2.30. The summed E-state index contributed by atoms with van der Waals surface area (Å²) in [5.74, 6) is 1.37. The highest BCUT2D eigenvalue weighted by Crippen LogP contribution is 2.27. The summed E-state index contributed by atoms with van der Waals surface area (Å²) in [6.45, 7) is 3.38. The predicted molar refractivity (Wildman–Crippen MR) is 93.0 cm³/mol. The minimum atomic E-state index is -0.0644. The Balaban J connectivity index is 1.60. The summed E-state index contributed by atoms with van der Waals surface area (Å²) in [5.41, 5.74) is 0.776. The molecule has 3 aromatic heterocycles. The number of anilines is 2. The zero-order valence-corrected chi connectivity index (χ0v) is 14.5. The standard InChI is InChI=1S/C15H18N6O3S/c1-22-10(11-3-2-8-25-11)9-16-14-15(21-4-6-23-7-5-21)18-13-12(17-14)19-24-20-13/h2-3,8,10H,4-7,9H2,1H3,(H,16,17,19). The van der Waals surface area contributed by atoms with Gasteiger partial charge in [-0.3, -0.25) is 0 Å². The largest absolute Gasteiger partial charge is 0.378 e. The van der Waals surface area contributed by atoms with Gasteiger partial charge in [-0.25, -0.2) is 14.6 Å². The average Bonchev–Trinajstić information content (AvgIpc) is 3.34. The van der Waals surface area contributed by atoms with Crippen molar-refractivity contribution < 1.29 is 14.1 Å². The number of fused-ring (bicyclic) bond motifs is 1. The van der Waals surface area contributed by atoms with Gasteiger partial charge in [0.05, 0.1) is 13.2 Å². The van der Waals surface area contributed by atoms with E-state index in [2.05, 4.69) is 36.6 Å². The normalized spacial score (nSPS) is 16.3. The monoisotopic (exact) mass is 362 g/mol. The molecule has 0 radical (unpaired) electrons. The van der Waals surface area contributed by atoms with Gasteiger partial charge in [0.25, 0.3) is 0 Å². The van der Waals surface area contributed by atoms with Gasteiger partial charge in [-0.15, -0.1) is 11.3 Å². The average molecular weight is 362 g/mol. The Morgan fingerprint density at radius 2 is 2.08 bits per heavy atom. The number of hydrogen-bond acceptors (Lipinski definition) is 10. The van der Waals surface area contributed by atoms with E-state index in [1.807, 2.05) is 11.4 Å². The third-order valence-corrected chi connectivity index (χ3v) is 4.97. The van der Waals surface area contributed by atoms with Crippen molar-refractivity contribution in [3.63, 3.8) is 0 Å². The number of nitrogens with one attached hydrogen (secondary N) is 1. The van der Waals surface area contributed by atoms with Crippen LogP contribution in [-0.4, -0.2) is 60.2 Å². The molecule has 1 aliphatic rings. The van der Waals surface area contributed by atoms with Gasteiger partial charge >= 0.3 is 0 Å². The smallest absolute Gasteiger partial charge is 0.245 e. The van der Waals surface area contributed by atoms with Crippen molar-refractivity contribution >= 4 is 34.3 Å². The first-order chi connectivity index (χ1) is 12.3. The van der Waals surface area contributed by atoms with Crippen molar-refractivity contribution in [1.82, 2.24) is 20.3 Å². The summed E-state index contributed by atoms with van der Waals surface area (Å²) in [7, 11) is 1.70. The molecule has 1 fully saturated rings. The van der Waals surface area contributed by atoms with Crippen LogP contribution in [0.4, 0.5) is 11.6 Å². The molecule has 1 atom stereocenters. The molecule has 10 heteroatoms. The zero-order valence-electron chi connectivity index (χ0n) is 13.7. The van der Waals surface area contributed by atoms with Crippen molar-refractivity contribution in [2.24, 2.45) is 0 Å². The van der Waals surface area contributed by atoms with Gasteiger partial charge in [-0.05, 0) is 21.8 Å². The molecule has 132 valence electrons. The van der Waals surface area contributed by atoms with Crippen LogP contribution < -0.4 is 10.2 Å². The molecule has 1 N–H and O–H groups in total. The van der Waals surface area contributed by atoms with Crippen LogP contribution in [0.5, 0.6) is 0 Å². The van der Waals surface area contributed by atoms with Crippen LogP contribution in [0.3, 0.4) is 0 Å². The number of ether oxygens (including phenoxy) is 2. The highest BCUT2D eigenvalue weighted by Gasteiger charge is 2.21. The van der Waals surface area contributed by atoms with E-state index in [0.717, 1.165) is 23.8 Å². The lowest BCUT2D eigenvalue weighted by Gasteiger charge is -2.29. The lowest BCUT2D eigenvalue weighted by atomic mass is 10.3. The van der Waals surface area contributed by atoms with Crippen LogP contribution in [0, 0.1) is 0 Å². The highest BCUT2D eigenvalue weighted by molar-refractivity contribution is 7.10. The van der Waals surface area contributed by atoms with Crippen LogP contribution in [0.2, 0.25) is 0 Å². The van der Waals surface area contributed by atoms with E-state index in [9.17, 15) is 0 Å². The second-order valence-electron chi connectivity index (χ2n) is 5.53. The minimum Gasteiger partial charge on any atom is -0.378 e. The first-order valence-corrected chi connectivity index (χ1v) is 8.86. The molecule has 0 bridgehead atoms. The molecule has 0 spiro atoms. The van der Waals surface area contributed by atoms with Crippen LogP contribution in [0.25, 0.3) is 11.3 Å². The van der Waals surface area contributed by atoms with Crippen LogP contribution in [0.1, 0.15) is 11.0 Å². The Bertz CT molecular complexity index is 818. The molecule has 0 aromatic carbocycles. The van der Waals surface area contributed by atoms with E-state index in [-0.39, 0.29) is 6.10 Å². The van der Waals surface area contributed by atoms with Gasteiger partial charge in [-0.1, -0.05) is 6.07 Å². The number of hydrogen-bond donors (Lipinski definition) is 1. The maximum absolute atomic E-state index is 5.59. The third-order valence-electron chi connectivity index (χ3n) is 4.01. The summed E-state index contributed by atoms with van der Waals surface area (Å²) in [5, 5.41) is 13.0. The molecule has 1 unspecified atom stereocenters. The van der Waals surface area contributed by atoms with Gasteiger partial charge in [0.2, 0.25) is 11.3 Å². The fourth-order valence-corrected chi connectivity index (χ4v) is 3.51. The molecule has 9 nitrogen and oxygen atoms in total. The van der Waals surface area contributed by atoms with E-state index in [1.54, 1.807) is 18.4 Å². The van der Waals surface area contributed by atoms with E-state index in [0.29, 0.717) is 36.9 Å². The molecule has 0 saturated carbocycles. The fourth-order valence-electron chi connectivity index (χ4n) is 2.71. The number of morpholine rings is 1.